The van der Waals surface area contributed by atoms with E-state index in [4.69, 9.17) is 18.8 Å². The van der Waals surface area contributed by atoms with Gasteiger partial charge in [-0.15, -0.1) is 0 Å². The predicted molar refractivity (Wildman–Crippen MR) is 180 cm³/mol. The minimum atomic E-state index is 0.719. The van der Waals surface area contributed by atoms with E-state index in [-0.39, 0.29) is 0 Å². The summed E-state index contributed by atoms with van der Waals surface area (Å²) in [7, 11) is 0. The highest BCUT2D eigenvalue weighted by molar-refractivity contribution is 6.06. The van der Waals surface area contributed by atoms with Crippen LogP contribution in [0.3, 0.4) is 0 Å². The summed E-state index contributed by atoms with van der Waals surface area (Å²) < 4.78 is 12.2. The summed E-state index contributed by atoms with van der Waals surface area (Å²) in [5.74, 6) is 0.719. The molecule has 0 atom stereocenters. The van der Waals surface area contributed by atoms with Crippen molar-refractivity contribution in [1.29, 1.82) is 0 Å². The van der Waals surface area contributed by atoms with E-state index >= 15 is 0 Å². The molecule has 0 saturated heterocycles. The SMILES string of the molecule is C/C=C\C.CC.CCC.Cc1nc(-c2ccc3c(c2)oc2ccccc23)cc(-c2ccc3c(c2)oc2ccccc23)n1. The van der Waals surface area contributed by atoms with Gasteiger partial charge in [-0.25, -0.2) is 9.97 Å². The van der Waals surface area contributed by atoms with Crippen LogP contribution < -0.4 is 0 Å². The topological polar surface area (TPSA) is 52.1 Å². The fraction of sp³-hybridized carbons (Fsp3) is 0.211. The average molecular weight is 557 g/mol. The van der Waals surface area contributed by atoms with E-state index < -0.39 is 0 Å². The molecular formula is C38H40N2O2. The Hall–Kier alpha value is -4.70. The van der Waals surface area contributed by atoms with Gasteiger partial charge in [0, 0.05) is 32.7 Å². The maximum Gasteiger partial charge on any atom is 0.136 e. The summed E-state index contributed by atoms with van der Waals surface area (Å²) in [6.45, 7) is 14.2. The number of hydrogen-bond acceptors (Lipinski definition) is 4. The molecule has 0 amide bonds. The van der Waals surface area contributed by atoms with Crippen molar-refractivity contribution in [1.82, 2.24) is 9.97 Å². The van der Waals surface area contributed by atoms with Crippen LogP contribution in [-0.4, -0.2) is 9.97 Å². The van der Waals surface area contributed by atoms with E-state index in [1.807, 2.05) is 89.2 Å². The van der Waals surface area contributed by atoms with Crippen molar-refractivity contribution in [3.8, 4) is 22.5 Å². The minimum Gasteiger partial charge on any atom is -0.456 e. The van der Waals surface area contributed by atoms with Crippen LogP contribution in [0.15, 0.2) is 112 Å². The number of allylic oxidation sites excluding steroid dienone is 2. The Morgan fingerprint density at radius 1 is 0.548 bits per heavy atom. The van der Waals surface area contributed by atoms with Gasteiger partial charge < -0.3 is 8.83 Å². The zero-order valence-electron chi connectivity index (χ0n) is 25.7. The van der Waals surface area contributed by atoms with E-state index in [0.29, 0.717) is 0 Å². The molecule has 4 heteroatoms. The third kappa shape index (κ3) is 6.44. The first-order chi connectivity index (χ1) is 20.6. The van der Waals surface area contributed by atoms with Crippen LogP contribution in [0.5, 0.6) is 0 Å². The quantitative estimate of drug-likeness (QED) is 0.199. The molecule has 0 aliphatic rings. The smallest absolute Gasteiger partial charge is 0.136 e. The minimum absolute atomic E-state index is 0.719. The van der Waals surface area contributed by atoms with Crippen molar-refractivity contribution in [3.63, 3.8) is 0 Å². The van der Waals surface area contributed by atoms with Crippen LogP contribution >= 0.6 is 0 Å². The fourth-order valence-corrected chi connectivity index (χ4v) is 4.63. The van der Waals surface area contributed by atoms with Crippen molar-refractivity contribution in [2.45, 2.75) is 54.9 Å². The maximum absolute atomic E-state index is 6.08. The summed E-state index contributed by atoms with van der Waals surface area (Å²) in [4.78, 5) is 9.42. The van der Waals surface area contributed by atoms with E-state index in [1.54, 1.807) is 0 Å². The number of benzene rings is 4. The molecule has 0 unspecified atom stereocenters. The third-order valence-corrected chi connectivity index (χ3v) is 6.52. The lowest BCUT2D eigenvalue weighted by Crippen LogP contribution is -1.94. The van der Waals surface area contributed by atoms with Crippen molar-refractivity contribution < 1.29 is 8.83 Å². The molecule has 0 bridgehead atoms. The number of rotatable bonds is 2. The lowest BCUT2D eigenvalue weighted by atomic mass is 10.0. The molecule has 4 nitrogen and oxygen atoms in total. The first-order valence-electron chi connectivity index (χ1n) is 14.8. The van der Waals surface area contributed by atoms with Gasteiger partial charge in [0.25, 0.3) is 0 Å². The van der Waals surface area contributed by atoms with Crippen LogP contribution in [0.1, 0.15) is 53.8 Å². The molecule has 0 fully saturated rings. The number of hydrogen-bond donors (Lipinski definition) is 0. The number of nitrogens with zero attached hydrogens (tertiary/aromatic N) is 2. The third-order valence-electron chi connectivity index (χ3n) is 6.52. The highest BCUT2D eigenvalue weighted by atomic mass is 16.3. The Kier molecular flexibility index (Phi) is 10.3. The molecule has 3 heterocycles. The number of aromatic nitrogens is 2. The summed E-state index contributed by atoms with van der Waals surface area (Å²) >= 11 is 0. The molecule has 0 aliphatic carbocycles. The summed E-state index contributed by atoms with van der Waals surface area (Å²) in [6, 6.07) is 30.8. The maximum atomic E-state index is 6.08. The monoisotopic (exact) mass is 556 g/mol. The molecule has 0 saturated carbocycles. The van der Waals surface area contributed by atoms with Gasteiger partial charge in [-0.05, 0) is 63.2 Å². The molecule has 214 valence electrons. The Balaban J connectivity index is 0.000000404. The Morgan fingerprint density at radius 3 is 1.33 bits per heavy atom. The van der Waals surface area contributed by atoms with E-state index in [0.717, 1.165) is 72.2 Å². The van der Waals surface area contributed by atoms with E-state index in [9.17, 15) is 0 Å². The summed E-state index contributed by atoms with van der Waals surface area (Å²) in [5.41, 5.74) is 7.22. The van der Waals surface area contributed by atoms with Gasteiger partial charge in [-0.2, -0.15) is 0 Å². The zero-order valence-corrected chi connectivity index (χ0v) is 25.7. The molecule has 3 aromatic heterocycles. The zero-order chi connectivity index (χ0) is 30.1. The second-order valence-electron chi connectivity index (χ2n) is 9.68. The summed E-state index contributed by atoms with van der Waals surface area (Å²) in [5, 5.41) is 4.46. The van der Waals surface area contributed by atoms with Gasteiger partial charge in [0.15, 0.2) is 0 Å². The van der Waals surface area contributed by atoms with Gasteiger partial charge in [0.05, 0.1) is 11.4 Å². The van der Waals surface area contributed by atoms with E-state index in [2.05, 4.69) is 62.4 Å². The molecule has 0 radical (unpaired) electrons. The molecule has 0 aliphatic heterocycles. The van der Waals surface area contributed by atoms with Crippen LogP contribution in [-0.2, 0) is 0 Å². The lowest BCUT2D eigenvalue weighted by Gasteiger charge is -2.07. The number of fused-ring (bicyclic) bond motifs is 6. The van der Waals surface area contributed by atoms with Crippen LogP contribution in [0.4, 0.5) is 0 Å². The molecule has 7 rings (SSSR count). The molecule has 0 N–H and O–H groups in total. The van der Waals surface area contributed by atoms with Crippen molar-refractivity contribution in [2.24, 2.45) is 0 Å². The van der Waals surface area contributed by atoms with Gasteiger partial charge in [0.1, 0.15) is 28.2 Å². The molecule has 4 aromatic carbocycles. The molecule has 0 spiro atoms. The Labute approximate surface area is 248 Å². The molecule has 7 aromatic rings. The average Bonchev–Trinajstić information content (AvgIpc) is 3.59. The first kappa shape index (κ1) is 30.3. The van der Waals surface area contributed by atoms with Crippen LogP contribution in [0.25, 0.3) is 66.4 Å². The van der Waals surface area contributed by atoms with Crippen LogP contribution in [0.2, 0.25) is 0 Å². The largest absolute Gasteiger partial charge is 0.456 e. The number of aryl methyl sites for hydroxylation is 1. The second kappa shape index (κ2) is 14.3. The molecular weight excluding hydrogens is 516 g/mol. The molecule has 42 heavy (non-hydrogen) atoms. The van der Waals surface area contributed by atoms with Crippen molar-refractivity contribution in [2.75, 3.05) is 0 Å². The van der Waals surface area contributed by atoms with Gasteiger partial charge in [0.2, 0.25) is 0 Å². The second-order valence-corrected chi connectivity index (χ2v) is 9.68. The predicted octanol–water partition coefficient (Wildman–Crippen LogP) is 11.9. The normalized spacial score (nSPS) is 10.7. The highest BCUT2D eigenvalue weighted by Gasteiger charge is 2.13. The van der Waals surface area contributed by atoms with Gasteiger partial charge >= 0.3 is 0 Å². The van der Waals surface area contributed by atoms with Crippen molar-refractivity contribution >= 4 is 43.9 Å². The fourth-order valence-electron chi connectivity index (χ4n) is 4.63. The van der Waals surface area contributed by atoms with E-state index in [1.165, 1.54) is 6.42 Å². The Morgan fingerprint density at radius 2 is 0.929 bits per heavy atom. The summed E-state index contributed by atoms with van der Waals surface area (Å²) in [6.07, 6.45) is 5.25. The standard InChI is InChI=1S/C29H18N2O2.C4H8.C3H8.C2H6/c1-17-30-24(18-10-12-22-20-6-2-4-8-26(20)32-28(22)14-18)16-25(31-17)19-11-13-23-21-7-3-5-9-27(21)33-29(23)15-19;1-3-4-2;1-3-2;1-2/h2-16H,1H3;3-4H,1-2H3;3H2,1-2H3;1-2H3/b;4-3-;;. The lowest BCUT2D eigenvalue weighted by molar-refractivity contribution is 0.668. The first-order valence-corrected chi connectivity index (χ1v) is 14.8. The van der Waals surface area contributed by atoms with Gasteiger partial charge in [-0.1, -0.05) is 94.8 Å². The van der Waals surface area contributed by atoms with Crippen LogP contribution in [0, 0.1) is 6.92 Å². The number of furan rings is 2. The Bertz CT molecular complexity index is 1810. The highest BCUT2D eigenvalue weighted by Crippen LogP contribution is 2.34. The number of para-hydroxylation sites is 2. The van der Waals surface area contributed by atoms with Gasteiger partial charge in [-0.3, -0.25) is 0 Å². The van der Waals surface area contributed by atoms with Crippen molar-refractivity contribution in [3.05, 3.63) is 109 Å².